The molecule has 3 rings (SSSR count). The molecule has 1 aromatic carbocycles. The van der Waals surface area contributed by atoms with E-state index in [1.807, 2.05) is 0 Å². The third kappa shape index (κ3) is 4.30. The number of likely N-dealkylation sites (N-methyl/N-ethyl adjacent to an activating group) is 1. The highest BCUT2D eigenvalue weighted by atomic mass is 32.2. The molecule has 2 aliphatic rings. The van der Waals surface area contributed by atoms with Gasteiger partial charge in [0.2, 0.25) is 10.0 Å². The van der Waals surface area contributed by atoms with E-state index in [2.05, 4.69) is 14.5 Å². The Labute approximate surface area is 173 Å². The Hall–Kier alpha value is -2.95. The van der Waals surface area contributed by atoms with E-state index in [-0.39, 0.29) is 36.0 Å². The number of ether oxygens (including phenoxy) is 1. The van der Waals surface area contributed by atoms with E-state index in [9.17, 15) is 22.0 Å². The van der Waals surface area contributed by atoms with E-state index in [0.717, 1.165) is 0 Å². The molecule has 1 unspecified atom stereocenters. The maximum atomic E-state index is 12.9. The van der Waals surface area contributed by atoms with E-state index in [4.69, 9.17) is 5.73 Å². The van der Waals surface area contributed by atoms with E-state index in [1.54, 1.807) is 36.2 Å². The minimum Gasteiger partial charge on any atom is -0.439 e. The smallest absolute Gasteiger partial charge is 0.387 e. The molecule has 162 valence electrons. The number of rotatable bonds is 7. The summed E-state index contributed by atoms with van der Waals surface area (Å²) < 4.78 is 55.7. The highest BCUT2D eigenvalue weighted by molar-refractivity contribution is 7.92. The average Bonchev–Trinajstić information content (AvgIpc) is 2.97. The zero-order chi connectivity index (χ0) is 22.1. The minimum absolute atomic E-state index is 0.0996. The lowest BCUT2D eigenvalue weighted by atomic mass is 9.78. The predicted octanol–water partition coefficient (Wildman–Crippen LogP) is 1.93. The number of aliphatic imine (C=N–C) groups is 1. The van der Waals surface area contributed by atoms with Gasteiger partial charge in [0.15, 0.2) is 11.7 Å². The summed E-state index contributed by atoms with van der Waals surface area (Å²) in [5.74, 6) is -0.472. The molecule has 0 radical (unpaired) electrons. The van der Waals surface area contributed by atoms with Crippen molar-refractivity contribution in [2.24, 2.45) is 10.7 Å². The molecule has 11 heteroatoms. The summed E-state index contributed by atoms with van der Waals surface area (Å²) in [7, 11) is -1.80. The number of ketones is 1. The topological polar surface area (TPSA) is 114 Å². The number of sulfonamides is 1. The molecule has 0 bridgehead atoms. The molecule has 0 saturated carbocycles. The van der Waals surface area contributed by atoms with Gasteiger partial charge in [0.25, 0.3) is 0 Å². The zero-order valence-electron chi connectivity index (χ0n) is 16.4. The lowest BCUT2D eigenvalue weighted by Crippen LogP contribution is -2.38. The molecule has 1 aliphatic heterocycles. The molecular formula is C19H22F2N4O4S. The molecule has 0 spiro atoms. The number of Topliss-reactive ketones (excluding diaryl/α,β-unsaturated/α-hetero) is 1. The largest absolute Gasteiger partial charge is 0.439 e. The Morgan fingerprint density at radius 3 is 2.67 bits per heavy atom. The number of nitrogens with zero attached hydrogens (tertiary/aromatic N) is 2. The third-order valence-corrected chi connectivity index (χ3v) is 6.22. The number of carbonyl (C=O) groups excluding carboxylic acids is 1. The maximum absolute atomic E-state index is 12.9. The summed E-state index contributed by atoms with van der Waals surface area (Å²) in [6, 6.07) is 6.53. The van der Waals surface area contributed by atoms with Crippen molar-refractivity contribution in [3.63, 3.8) is 0 Å². The fourth-order valence-corrected chi connectivity index (χ4v) is 4.06. The standard InChI is InChI=1S/C19H22F2N4O4S/c1-3-30(27,28)24-13-6-4-5-12(9-13)19(11-25(2)18(22)23-19)15-8-7-14(10-16(15)26)29-17(20)21/h4-9,17,24H,3,10-11H2,1-2H3,(H2,22,23). The summed E-state index contributed by atoms with van der Waals surface area (Å²) in [6.07, 6.45) is 2.39. The van der Waals surface area contributed by atoms with Gasteiger partial charge in [0.1, 0.15) is 11.3 Å². The number of alkyl halides is 2. The zero-order valence-corrected chi connectivity index (χ0v) is 17.2. The Kier molecular flexibility index (Phi) is 5.84. The normalized spacial score (nSPS) is 22.0. The fourth-order valence-electron chi connectivity index (χ4n) is 3.43. The molecule has 0 amide bonds. The minimum atomic E-state index is -3.51. The Balaban J connectivity index is 2.08. The molecule has 0 saturated heterocycles. The molecular weight excluding hydrogens is 418 g/mol. The van der Waals surface area contributed by atoms with Crippen molar-refractivity contribution >= 4 is 27.5 Å². The number of hydrogen-bond acceptors (Lipinski definition) is 7. The van der Waals surface area contributed by atoms with Gasteiger partial charge in [-0.2, -0.15) is 8.78 Å². The summed E-state index contributed by atoms with van der Waals surface area (Å²) in [6.45, 7) is -1.29. The second-order valence-electron chi connectivity index (χ2n) is 6.96. The van der Waals surface area contributed by atoms with Crippen LogP contribution < -0.4 is 10.5 Å². The van der Waals surface area contributed by atoms with Gasteiger partial charge in [0, 0.05) is 18.3 Å². The SMILES string of the molecule is CCS(=O)(=O)Nc1cccc(C2(C3=CC=C(OC(F)F)CC3=O)CN(C)C(N)=N2)c1. The van der Waals surface area contributed by atoms with Crippen LogP contribution in [0, 0.1) is 0 Å². The van der Waals surface area contributed by atoms with Gasteiger partial charge >= 0.3 is 6.61 Å². The Bertz CT molecular complexity index is 1050. The first kappa shape index (κ1) is 21.8. The number of nitrogens with one attached hydrogen (secondary N) is 1. The van der Waals surface area contributed by atoms with Crippen molar-refractivity contribution in [1.29, 1.82) is 0 Å². The molecule has 8 nitrogen and oxygen atoms in total. The van der Waals surface area contributed by atoms with Gasteiger partial charge in [-0.25, -0.2) is 13.4 Å². The highest BCUT2D eigenvalue weighted by Crippen LogP contribution is 2.41. The fraction of sp³-hybridized carbons (Fsp3) is 0.368. The van der Waals surface area contributed by atoms with Crippen LogP contribution in [-0.2, 0) is 25.1 Å². The molecule has 0 fully saturated rings. The lowest BCUT2D eigenvalue weighted by Gasteiger charge is -2.31. The van der Waals surface area contributed by atoms with Gasteiger partial charge < -0.3 is 15.4 Å². The molecule has 1 aromatic rings. The van der Waals surface area contributed by atoms with Crippen LogP contribution in [0.1, 0.15) is 18.9 Å². The van der Waals surface area contributed by atoms with Crippen LogP contribution in [-0.4, -0.2) is 51.0 Å². The number of nitrogens with two attached hydrogens (primary N) is 1. The highest BCUT2D eigenvalue weighted by Gasteiger charge is 2.46. The van der Waals surface area contributed by atoms with Gasteiger partial charge in [0.05, 0.1) is 18.7 Å². The van der Waals surface area contributed by atoms with E-state index in [0.29, 0.717) is 11.3 Å². The lowest BCUT2D eigenvalue weighted by molar-refractivity contribution is -0.121. The number of anilines is 1. The van der Waals surface area contributed by atoms with Crippen molar-refractivity contribution in [2.45, 2.75) is 25.5 Å². The predicted molar refractivity (Wildman–Crippen MR) is 108 cm³/mol. The second kappa shape index (κ2) is 8.05. The summed E-state index contributed by atoms with van der Waals surface area (Å²) in [5.41, 5.74) is 5.89. The number of guanidine groups is 1. The number of halogens is 2. The Morgan fingerprint density at radius 2 is 2.10 bits per heavy atom. The van der Waals surface area contributed by atoms with Gasteiger partial charge in [-0.15, -0.1) is 0 Å². The monoisotopic (exact) mass is 440 g/mol. The first-order chi connectivity index (χ1) is 14.1. The summed E-state index contributed by atoms with van der Waals surface area (Å²) in [5, 5.41) is 0. The van der Waals surface area contributed by atoms with Crippen molar-refractivity contribution in [1.82, 2.24) is 4.90 Å². The van der Waals surface area contributed by atoms with Gasteiger partial charge in [-0.1, -0.05) is 12.1 Å². The van der Waals surface area contributed by atoms with Crippen molar-refractivity contribution in [2.75, 3.05) is 24.1 Å². The van der Waals surface area contributed by atoms with Crippen molar-refractivity contribution < 1.29 is 26.7 Å². The van der Waals surface area contributed by atoms with E-state index < -0.39 is 28.0 Å². The van der Waals surface area contributed by atoms with E-state index >= 15 is 0 Å². The summed E-state index contributed by atoms with van der Waals surface area (Å²) in [4.78, 5) is 19.0. The second-order valence-corrected chi connectivity index (χ2v) is 8.98. The van der Waals surface area contributed by atoms with Gasteiger partial charge in [-0.3, -0.25) is 9.52 Å². The molecule has 1 aliphatic carbocycles. The first-order valence-electron chi connectivity index (χ1n) is 9.13. The summed E-state index contributed by atoms with van der Waals surface area (Å²) >= 11 is 0. The average molecular weight is 440 g/mol. The maximum Gasteiger partial charge on any atom is 0.387 e. The first-order valence-corrected chi connectivity index (χ1v) is 10.8. The number of benzene rings is 1. The van der Waals surface area contributed by atoms with Crippen LogP contribution in [0.4, 0.5) is 14.5 Å². The van der Waals surface area contributed by atoms with Crippen LogP contribution in [0.2, 0.25) is 0 Å². The van der Waals surface area contributed by atoms with E-state index in [1.165, 1.54) is 19.1 Å². The van der Waals surface area contributed by atoms with Crippen molar-refractivity contribution in [3.05, 3.63) is 53.3 Å². The quantitative estimate of drug-likeness (QED) is 0.670. The van der Waals surface area contributed by atoms with Crippen LogP contribution in [0.5, 0.6) is 0 Å². The van der Waals surface area contributed by atoms with Crippen LogP contribution >= 0.6 is 0 Å². The number of allylic oxidation sites excluding steroid dienone is 3. The Morgan fingerprint density at radius 1 is 1.37 bits per heavy atom. The molecule has 1 atom stereocenters. The van der Waals surface area contributed by atoms with Crippen LogP contribution in [0.15, 0.2) is 52.7 Å². The molecule has 3 N–H and O–H groups in total. The van der Waals surface area contributed by atoms with Crippen LogP contribution in [0.25, 0.3) is 0 Å². The van der Waals surface area contributed by atoms with Gasteiger partial charge in [-0.05, 0) is 36.8 Å². The molecule has 0 aromatic heterocycles. The molecule has 30 heavy (non-hydrogen) atoms. The third-order valence-electron chi connectivity index (χ3n) is 4.91. The number of hydrogen-bond donors (Lipinski definition) is 2. The van der Waals surface area contributed by atoms with Crippen LogP contribution in [0.3, 0.4) is 0 Å². The van der Waals surface area contributed by atoms with Crippen molar-refractivity contribution in [3.8, 4) is 0 Å². The number of carbonyl (C=O) groups is 1. The molecule has 1 heterocycles.